The second kappa shape index (κ2) is 3.57. The molecule has 78 valence electrons. The van der Waals surface area contributed by atoms with E-state index in [0.29, 0.717) is 11.3 Å². The summed E-state index contributed by atoms with van der Waals surface area (Å²) in [6.07, 6.45) is -4.39. The molecule has 0 spiro atoms. The predicted octanol–water partition coefficient (Wildman–Crippen LogP) is 2.43. The molecule has 2 nitrogen and oxygen atoms in total. The first kappa shape index (κ1) is 11.0. The van der Waals surface area contributed by atoms with Gasteiger partial charge in [-0.05, 0) is 25.5 Å². The zero-order chi connectivity index (χ0) is 10.9. The lowest BCUT2D eigenvalue weighted by molar-refractivity contribution is -0.141. The Kier molecular flexibility index (Phi) is 2.80. The van der Waals surface area contributed by atoms with Crippen LogP contribution in [-0.2, 0) is 6.18 Å². The lowest BCUT2D eigenvalue weighted by Crippen LogP contribution is -2.13. The van der Waals surface area contributed by atoms with Gasteiger partial charge < -0.3 is 5.73 Å². The Bertz CT molecular complexity index is 331. The monoisotopic (exact) mass is 204 g/mol. The quantitative estimate of drug-likeness (QED) is 0.763. The first-order chi connectivity index (χ1) is 6.32. The summed E-state index contributed by atoms with van der Waals surface area (Å²) in [4.78, 5) is 3.46. The fraction of sp³-hybridized carbons (Fsp3) is 0.444. The van der Waals surface area contributed by atoms with Crippen LogP contribution in [0.2, 0.25) is 0 Å². The molecule has 0 saturated carbocycles. The van der Waals surface area contributed by atoms with Crippen molar-refractivity contribution in [1.82, 2.24) is 4.98 Å². The fourth-order valence-electron chi connectivity index (χ4n) is 1.21. The Hall–Kier alpha value is -1.10. The molecular formula is C9H11F3N2. The lowest BCUT2D eigenvalue weighted by atomic mass is 10.1. The molecule has 1 unspecified atom stereocenters. The number of rotatable bonds is 1. The van der Waals surface area contributed by atoms with Crippen molar-refractivity contribution in [3.8, 4) is 0 Å². The Morgan fingerprint density at radius 1 is 1.36 bits per heavy atom. The van der Waals surface area contributed by atoms with E-state index in [1.807, 2.05) is 0 Å². The van der Waals surface area contributed by atoms with E-state index in [2.05, 4.69) is 4.98 Å². The van der Waals surface area contributed by atoms with Crippen LogP contribution in [0.25, 0.3) is 0 Å². The molecular weight excluding hydrogens is 193 g/mol. The minimum atomic E-state index is -4.39. The largest absolute Gasteiger partial charge is 0.433 e. The molecule has 5 heteroatoms. The van der Waals surface area contributed by atoms with Crippen LogP contribution >= 0.6 is 0 Å². The molecule has 0 aliphatic heterocycles. The Labute approximate surface area is 79.9 Å². The van der Waals surface area contributed by atoms with Crippen LogP contribution in [0.4, 0.5) is 13.2 Å². The Morgan fingerprint density at radius 2 is 1.93 bits per heavy atom. The molecule has 14 heavy (non-hydrogen) atoms. The number of nitrogens with two attached hydrogens (primary N) is 1. The molecule has 0 aromatic carbocycles. The molecule has 0 aliphatic carbocycles. The highest BCUT2D eigenvalue weighted by molar-refractivity contribution is 5.25. The summed E-state index contributed by atoms with van der Waals surface area (Å²) in [5, 5.41) is 0. The second-order valence-electron chi connectivity index (χ2n) is 3.16. The molecule has 1 atom stereocenters. The molecule has 0 radical (unpaired) electrons. The Morgan fingerprint density at radius 3 is 2.29 bits per heavy atom. The maximum absolute atomic E-state index is 12.2. The molecule has 0 amide bonds. The summed E-state index contributed by atoms with van der Waals surface area (Å²) < 4.78 is 36.6. The zero-order valence-corrected chi connectivity index (χ0v) is 7.89. The van der Waals surface area contributed by atoms with Gasteiger partial charge in [-0.25, -0.2) is 4.98 Å². The van der Waals surface area contributed by atoms with E-state index >= 15 is 0 Å². The van der Waals surface area contributed by atoms with Gasteiger partial charge in [0, 0.05) is 11.7 Å². The third-order valence-electron chi connectivity index (χ3n) is 1.91. The van der Waals surface area contributed by atoms with Crippen molar-refractivity contribution in [2.75, 3.05) is 0 Å². The van der Waals surface area contributed by atoms with Crippen LogP contribution < -0.4 is 5.73 Å². The van der Waals surface area contributed by atoms with Gasteiger partial charge in [-0.3, -0.25) is 0 Å². The van der Waals surface area contributed by atoms with Crippen LogP contribution in [-0.4, -0.2) is 4.98 Å². The molecule has 0 fully saturated rings. The Balaban J connectivity index is 3.13. The molecule has 0 bridgehead atoms. The van der Waals surface area contributed by atoms with Crippen molar-refractivity contribution in [2.45, 2.75) is 26.1 Å². The molecule has 0 saturated heterocycles. The maximum Gasteiger partial charge on any atom is 0.433 e. The van der Waals surface area contributed by atoms with Crippen molar-refractivity contribution >= 4 is 0 Å². The third kappa shape index (κ3) is 2.23. The van der Waals surface area contributed by atoms with Crippen LogP contribution in [0.15, 0.2) is 12.1 Å². The highest BCUT2D eigenvalue weighted by atomic mass is 19.4. The standard InChI is InChI=1S/C9H11F3N2/c1-5(13)7-3-4-8(9(10,11)12)14-6(7)2/h3-5H,13H2,1-2H3. The lowest BCUT2D eigenvalue weighted by Gasteiger charge is -2.11. The summed E-state index contributed by atoms with van der Waals surface area (Å²) in [7, 11) is 0. The normalized spacial score (nSPS) is 14.1. The number of hydrogen-bond donors (Lipinski definition) is 1. The molecule has 1 heterocycles. The summed E-state index contributed by atoms with van der Waals surface area (Å²) in [5.74, 6) is 0. The number of halogens is 3. The molecule has 1 rings (SSSR count). The third-order valence-corrected chi connectivity index (χ3v) is 1.91. The number of hydrogen-bond acceptors (Lipinski definition) is 2. The first-order valence-corrected chi connectivity index (χ1v) is 4.12. The van der Waals surface area contributed by atoms with E-state index in [1.54, 1.807) is 6.92 Å². The smallest absolute Gasteiger partial charge is 0.324 e. The topological polar surface area (TPSA) is 38.9 Å². The second-order valence-corrected chi connectivity index (χ2v) is 3.16. The van der Waals surface area contributed by atoms with Gasteiger partial charge in [-0.15, -0.1) is 0 Å². The fourth-order valence-corrected chi connectivity index (χ4v) is 1.21. The highest BCUT2D eigenvalue weighted by Crippen LogP contribution is 2.28. The van der Waals surface area contributed by atoms with E-state index in [0.717, 1.165) is 6.07 Å². The van der Waals surface area contributed by atoms with Crippen LogP contribution in [0.1, 0.15) is 29.9 Å². The van der Waals surface area contributed by atoms with E-state index in [-0.39, 0.29) is 6.04 Å². The molecule has 1 aromatic heterocycles. The van der Waals surface area contributed by atoms with Crippen LogP contribution in [0, 0.1) is 6.92 Å². The molecule has 0 aliphatic rings. The van der Waals surface area contributed by atoms with Gasteiger partial charge in [0.2, 0.25) is 0 Å². The first-order valence-electron chi connectivity index (χ1n) is 4.12. The minimum Gasteiger partial charge on any atom is -0.324 e. The van der Waals surface area contributed by atoms with E-state index in [4.69, 9.17) is 5.73 Å². The maximum atomic E-state index is 12.2. The number of alkyl halides is 3. The average Bonchev–Trinajstić information content (AvgIpc) is 2.01. The van der Waals surface area contributed by atoms with Gasteiger partial charge in [0.05, 0.1) is 0 Å². The number of aromatic nitrogens is 1. The van der Waals surface area contributed by atoms with Gasteiger partial charge in [0.1, 0.15) is 5.69 Å². The van der Waals surface area contributed by atoms with Crippen molar-refractivity contribution in [2.24, 2.45) is 5.73 Å². The van der Waals surface area contributed by atoms with Gasteiger partial charge in [0.15, 0.2) is 0 Å². The average molecular weight is 204 g/mol. The van der Waals surface area contributed by atoms with Gasteiger partial charge in [-0.1, -0.05) is 6.07 Å². The van der Waals surface area contributed by atoms with Crippen molar-refractivity contribution in [3.63, 3.8) is 0 Å². The van der Waals surface area contributed by atoms with E-state index in [1.165, 1.54) is 13.0 Å². The highest BCUT2D eigenvalue weighted by Gasteiger charge is 2.32. The summed E-state index contributed by atoms with van der Waals surface area (Å²) in [5.41, 5.74) is 5.64. The van der Waals surface area contributed by atoms with E-state index in [9.17, 15) is 13.2 Å². The SMILES string of the molecule is Cc1nc(C(F)(F)F)ccc1C(C)N. The van der Waals surface area contributed by atoms with Crippen molar-refractivity contribution in [1.29, 1.82) is 0 Å². The van der Waals surface area contributed by atoms with Crippen molar-refractivity contribution in [3.05, 3.63) is 29.1 Å². The van der Waals surface area contributed by atoms with Gasteiger partial charge in [-0.2, -0.15) is 13.2 Å². The predicted molar refractivity (Wildman–Crippen MR) is 46.6 cm³/mol. The van der Waals surface area contributed by atoms with Gasteiger partial charge >= 0.3 is 6.18 Å². The molecule has 1 aromatic rings. The summed E-state index contributed by atoms with van der Waals surface area (Å²) in [6, 6.07) is 2.02. The van der Waals surface area contributed by atoms with Crippen molar-refractivity contribution < 1.29 is 13.2 Å². The summed E-state index contributed by atoms with van der Waals surface area (Å²) in [6.45, 7) is 3.23. The zero-order valence-electron chi connectivity index (χ0n) is 7.89. The minimum absolute atomic E-state index is 0.301. The number of nitrogens with zero attached hydrogens (tertiary/aromatic N) is 1. The molecule has 2 N–H and O–H groups in total. The summed E-state index contributed by atoms with van der Waals surface area (Å²) >= 11 is 0. The van der Waals surface area contributed by atoms with E-state index < -0.39 is 11.9 Å². The van der Waals surface area contributed by atoms with Crippen LogP contribution in [0.5, 0.6) is 0 Å². The van der Waals surface area contributed by atoms with Gasteiger partial charge in [0.25, 0.3) is 0 Å². The van der Waals surface area contributed by atoms with Crippen LogP contribution in [0.3, 0.4) is 0 Å². The number of aryl methyl sites for hydroxylation is 1. The number of pyridine rings is 1.